The van der Waals surface area contributed by atoms with Crippen molar-refractivity contribution in [1.29, 1.82) is 0 Å². The lowest BCUT2D eigenvalue weighted by Gasteiger charge is -2.19. The second kappa shape index (κ2) is 4.47. The Balaban J connectivity index is 3.00. The molecule has 1 aromatic carbocycles. The molecule has 0 saturated heterocycles. The maximum absolute atomic E-state index is 13.3. The molecule has 1 nitrogen and oxygen atoms in total. The summed E-state index contributed by atoms with van der Waals surface area (Å²) in [4.78, 5) is 0. The van der Waals surface area contributed by atoms with Gasteiger partial charge in [0.15, 0.2) is 11.6 Å². The summed E-state index contributed by atoms with van der Waals surface area (Å²) >= 11 is 0. The molecule has 82 valence electrons. The van der Waals surface area contributed by atoms with E-state index in [1.807, 2.05) is 0 Å². The summed E-state index contributed by atoms with van der Waals surface area (Å²) < 4.78 is 18.6. The number of ether oxygens (including phenoxy) is 1. The van der Waals surface area contributed by atoms with Crippen LogP contribution in [0, 0.1) is 5.82 Å². The SMILES string of the molecule is C=CCOc1cc(C(C)(C)C)ccc1F. The minimum atomic E-state index is -0.329. The maximum atomic E-state index is 13.3. The van der Waals surface area contributed by atoms with Crippen molar-refractivity contribution in [1.82, 2.24) is 0 Å². The number of halogens is 1. The third-order valence-electron chi connectivity index (χ3n) is 2.15. The van der Waals surface area contributed by atoms with Crippen molar-refractivity contribution < 1.29 is 9.13 Å². The topological polar surface area (TPSA) is 9.23 Å². The molecule has 1 rings (SSSR count). The summed E-state index contributed by atoms with van der Waals surface area (Å²) in [7, 11) is 0. The van der Waals surface area contributed by atoms with E-state index < -0.39 is 0 Å². The highest BCUT2D eigenvalue weighted by molar-refractivity contribution is 5.34. The number of hydrogen-bond donors (Lipinski definition) is 0. The Bertz CT molecular complexity index is 350. The first kappa shape index (κ1) is 11.8. The summed E-state index contributed by atoms with van der Waals surface area (Å²) in [5.41, 5.74) is 1.06. The molecule has 0 N–H and O–H groups in total. The molecule has 0 aliphatic rings. The molecule has 0 amide bonds. The lowest BCUT2D eigenvalue weighted by Crippen LogP contribution is -2.11. The summed E-state index contributed by atoms with van der Waals surface area (Å²) in [6.07, 6.45) is 1.60. The molecule has 1 aromatic rings. The summed E-state index contributed by atoms with van der Waals surface area (Å²) in [6, 6.07) is 4.98. The van der Waals surface area contributed by atoms with Gasteiger partial charge in [-0.2, -0.15) is 0 Å². The van der Waals surface area contributed by atoms with Crippen LogP contribution in [0.25, 0.3) is 0 Å². The predicted molar refractivity (Wildman–Crippen MR) is 60.8 cm³/mol. The van der Waals surface area contributed by atoms with Crippen molar-refractivity contribution in [3.63, 3.8) is 0 Å². The second-order valence-corrected chi connectivity index (χ2v) is 4.49. The molecule has 0 aliphatic heterocycles. The molecule has 0 aliphatic carbocycles. The van der Waals surface area contributed by atoms with Crippen LogP contribution in [0.15, 0.2) is 30.9 Å². The quantitative estimate of drug-likeness (QED) is 0.688. The van der Waals surface area contributed by atoms with E-state index in [9.17, 15) is 4.39 Å². The zero-order valence-electron chi connectivity index (χ0n) is 9.51. The molecule has 0 fully saturated rings. The fourth-order valence-corrected chi connectivity index (χ4v) is 1.23. The normalized spacial score (nSPS) is 11.2. The van der Waals surface area contributed by atoms with Crippen LogP contribution >= 0.6 is 0 Å². The van der Waals surface area contributed by atoms with Crippen molar-refractivity contribution in [3.8, 4) is 5.75 Å². The molecule has 0 radical (unpaired) electrons. The van der Waals surface area contributed by atoms with E-state index in [0.29, 0.717) is 12.4 Å². The summed E-state index contributed by atoms with van der Waals surface area (Å²) in [5, 5.41) is 0. The second-order valence-electron chi connectivity index (χ2n) is 4.49. The van der Waals surface area contributed by atoms with Gasteiger partial charge in [0.05, 0.1) is 0 Å². The smallest absolute Gasteiger partial charge is 0.165 e. The van der Waals surface area contributed by atoms with E-state index in [1.165, 1.54) is 6.07 Å². The van der Waals surface area contributed by atoms with Gasteiger partial charge in [-0.15, -0.1) is 0 Å². The van der Waals surface area contributed by atoms with E-state index in [2.05, 4.69) is 27.4 Å². The first-order chi connectivity index (χ1) is 6.95. The van der Waals surface area contributed by atoms with Crippen LogP contribution in [0.2, 0.25) is 0 Å². The number of hydrogen-bond acceptors (Lipinski definition) is 1. The summed E-state index contributed by atoms with van der Waals surface area (Å²) in [5.74, 6) is -0.0350. The first-order valence-corrected chi connectivity index (χ1v) is 4.99. The monoisotopic (exact) mass is 208 g/mol. The zero-order chi connectivity index (χ0) is 11.5. The Morgan fingerprint density at radius 3 is 2.60 bits per heavy atom. The molecule has 0 atom stereocenters. The van der Waals surface area contributed by atoms with Crippen LogP contribution in [0.1, 0.15) is 26.3 Å². The van der Waals surface area contributed by atoms with Crippen LogP contribution in [-0.4, -0.2) is 6.61 Å². The van der Waals surface area contributed by atoms with E-state index in [1.54, 1.807) is 18.2 Å². The van der Waals surface area contributed by atoms with Crippen LogP contribution < -0.4 is 4.74 Å². The average molecular weight is 208 g/mol. The molecule has 15 heavy (non-hydrogen) atoms. The Hall–Kier alpha value is -1.31. The van der Waals surface area contributed by atoms with Crippen LogP contribution in [0.4, 0.5) is 4.39 Å². The van der Waals surface area contributed by atoms with Gasteiger partial charge in [-0.05, 0) is 23.1 Å². The standard InChI is InChI=1S/C13H17FO/c1-5-8-15-12-9-10(13(2,3)4)6-7-11(12)14/h5-7,9H,1,8H2,2-4H3. The molecule has 0 heterocycles. The molecular weight excluding hydrogens is 191 g/mol. The van der Waals surface area contributed by atoms with Gasteiger partial charge in [0.2, 0.25) is 0 Å². The van der Waals surface area contributed by atoms with Gasteiger partial charge in [0, 0.05) is 0 Å². The molecule has 0 spiro atoms. The third kappa shape index (κ3) is 3.08. The Morgan fingerprint density at radius 2 is 2.07 bits per heavy atom. The number of rotatable bonds is 3. The van der Waals surface area contributed by atoms with Gasteiger partial charge in [-0.25, -0.2) is 4.39 Å². The molecule has 0 bridgehead atoms. The van der Waals surface area contributed by atoms with Gasteiger partial charge < -0.3 is 4.74 Å². The molecule has 0 unspecified atom stereocenters. The Labute approximate surface area is 90.6 Å². The highest BCUT2D eigenvalue weighted by Crippen LogP contribution is 2.27. The maximum Gasteiger partial charge on any atom is 0.165 e. The average Bonchev–Trinajstić information content (AvgIpc) is 2.15. The Kier molecular flexibility index (Phi) is 3.51. The van der Waals surface area contributed by atoms with Crippen LogP contribution in [-0.2, 0) is 5.41 Å². The van der Waals surface area contributed by atoms with Gasteiger partial charge in [-0.1, -0.05) is 39.5 Å². The minimum absolute atomic E-state index is 0.0000110. The largest absolute Gasteiger partial charge is 0.486 e. The van der Waals surface area contributed by atoms with Crippen molar-refractivity contribution in [3.05, 3.63) is 42.2 Å². The molecule has 0 saturated carbocycles. The molecular formula is C13H17FO. The third-order valence-corrected chi connectivity index (χ3v) is 2.15. The van der Waals surface area contributed by atoms with Gasteiger partial charge in [0.25, 0.3) is 0 Å². The fraction of sp³-hybridized carbons (Fsp3) is 0.385. The predicted octanol–water partition coefficient (Wildman–Crippen LogP) is 3.69. The van der Waals surface area contributed by atoms with Crippen molar-refractivity contribution in [2.24, 2.45) is 0 Å². The Morgan fingerprint density at radius 1 is 1.40 bits per heavy atom. The van der Waals surface area contributed by atoms with Gasteiger partial charge in [-0.3, -0.25) is 0 Å². The molecule has 0 aromatic heterocycles. The van der Waals surface area contributed by atoms with E-state index in [4.69, 9.17) is 4.74 Å². The van der Waals surface area contributed by atoms with E-state index >= 15 is 0 Å². The highest BCUT2D eigenvalue weighted by atomic mass is 19.1. The number of benzene rings is 1. The van der Waals surface area contributed by atoms with E-state index in [-0.39, 0.29) is 11.2 Å². The zero-order valence-corrected chi connectivity index (χ0v) is 9.51. The van der Waals surface area contributed by atoms with Crippen molar-refractivity contribution >= 4 is 0 Å². The van der Waals surface area contributed by atoms with Gasteiger partial charge >= 0.3 is 0 Å². The lowest BCUT2D eigenvalue weighted by molar-refractivity contribution is 0.340. The van der Waals surface area contributed by atoms with Crippen molar-refractivity contribution in [2.45, 2.75) is 26.2 Å². The first-order valence-electron chi connectivity index (χ1n) is 4.99. The van der Waals surface area contributed by atoms with Crippen LogP contribution in [0.5, 0.6) is 5.75 Å². The lowest BCUT2D eigenvalue weighted by atomic mass is 9.87. The van der Waals surface area contributed by atoms with Crippen LogP contribution in [0.3, 0.4) is 0 Å². The fourth-order valence-electron chi connectivity index (χ4n) is 1.23. The molecule has 2 heteroatoms. The summed E-state index contributed by atoms with van der Waals surface area (Å²) in [6.45, 7) is 10.1. The van der Waals surface area contributed by atoms with Crippen molar-refractivity contribution in [2.75, 3.05) is 6.61 Å². The van der Waals surface area contributed by atoms with Gasteiger partial charge in [0.1, 0.15) is 6.61 Å². The highest BCUT2D eigenvalue weighted by Gasteiger charge is 2.15. The minimum Gasteiger partial charge on any atom is -0.486 e. The van der Waals surface area contributed by atoms with E-state index in [0.717, 1.165) is 5.56 Å².